The van der Waals surface area contributed by atoms with Crippen molar-refractivity contribution in [3.8, 4) is 6.07 Å². The van der Waals surface area contributed by atoms with Gasteiger partial charge in [0, 0.05) is 23.1 Å². The van der Waals surface area contributed by atoms with Gasteiger partial charge in [-0.2, -0.15) is 5.26 Å². The zero-order valence-electron chi connectivity index (χ0n) is 18.7. The highest BCUT2D eigenvalue weighted by Crippen LogP contribution is 2.38. The highest BCUT2D eigenvalue weighted by Gasteiger charge is 2.24. The Kier molecular flexibility index (Phi) is 6.38. The third-order valence-corrected chi connectivity index (χ3v) is 5.66. The monoisotopic (exact) mass is 416 g/mol. The molecule has 3 aromatic carbocycles. The van der Waals surface area contributed by atoms with E-state index < -0.39 is 0 Å². The van der Waals surface area contributed by atoms with Crippen molar-refractivity contribution in [3.05, 3.63) is 120 Å². The minimum Gasteiger partial charge on any atom is -0.311 e. The molecule has 0 unspecified atom stereocenters. The van der Waals surface area contributed by atoms with Gasteiger partial charge >= 0.3 is 0 Å². The van der Waals surface area contributed by atoms with Crippen LogP contribution in [0.3, 0.4) is 0 Å². The first-order valence-electron chi connectivity index (χ1n) is 11.0. The summed E-state index contributed by atoms with van der Waals surface area (Å²) < 4.78 is 0. The van der Waals surface area contributed by atoms with Crippen molar-refractivity contribution in [1.82, 2.24) is 0 Å². The van der Waals surface area contributed by atoms with Crippen LogP contribution in [0.25, 0.3) is 6.08 Å². The van der Waals surface area contributed by atoms with Crippen molar-refractivity contribution >= 4 is 23.1 Å². The van der Waals surface area contributed by atoms with Crippen LogP contribution in [0.4, 0.5) is 17.1 Å². The molecule has 0 heterocycles. The first-order valence-corrected chi connectivity index (χ1v) is 11.0. The van der Waals surface area contributed by atoms with Crippen LogP contribution in [0, 0.1) is 16.7 Å². The molecule has 0 spiro atoms. The number of hydrogen-bond donors (Lipinski definition) is 0. The van der Waals surface area contributed by atoms with Gasteiger partial charge in [-0.1, -0.05) is 80.6 Å². The maximum Gasteiger partial charge on any atom is 0.0914 e. The lowest BCUT2D eigenvalue weighted by molar-refractivity contribution is 0.355. The Morgan fingerprint density at radius 2 is 1.31 bits per heavy atom. The molecule has 2 heteroatoms. The van der Waals surface area contributed by atoms with Crippen LogP contribution in [0.1, 0.15) is 32.3 Å². The molecule has 0 saturated carbocycles. The molecule has 3 aromatic rings. The summed E-state index contributed by atoms with van der Waals surface area (Å²) in [6.45, 7) is 4.52. The minimum absolute atomic E-state index is 0.173. The molecular weight excluding hydrogens is 388 g/mol. The summed E-state index contributed by atoms with van der Waals surface area (Å²) in [5.41, 5.74) is 7.10. The molecule has 0 fully saturated rings. The second-order valence-electron chi connectivity index (χ2n) is 9.02. The summed E-state index contributed by atoms with van der Waals surface area (Å²) in [5, 5.41) is 9.04. The molecule has 0 N–H and O–H groups in total. The molecular formula is C30H28N2. The van der Waals surface area contributed by atoms with Gasteiger partial charge in [0.2, 0.25) is 0 Å². The summed E-state index contributed by atoms with van der Waals surface area (Å²) in [6, 6.07) is 31.7. The average Bonchev–Trinajstić information content (AvgIpc) is 2.79. The van der Waals surface area contributed by atoms with Gasteiger partial charge in [-0.05, 0) is 71.4 Å². The molecule has 2 nitrogen and oxygen atoms in total. The van der Waals surface area contributed by atoms with E-state index >= 15 is 0 Å². The van der Waals surface area contributed by atoms with Crippen LogP contribution in [-0.2, 0) is 0 Å². The third-order valence-electron chi connectivity index (χ3n) is 5.66. The molecule has 1 aliphatic rings. The lowest BCUT2D eigenvalue weighted by Crippen LogP contribution is -2.16. The predicted octanol–water partition coefficient (Wildman–Crippen LogP) is 8.37. The van der Waals surface area contributed by atoms with Gasteiger partial charge in [-0.3, -0.25) is 0 Å². The number of anilines is 3. The predicted molar refractivity (Wildman–Crippen MR) is 135 cm³/mol. The smallest absolute Gasteiger partial charge is 0.0914 e. The maximum atomic E-state index is 9.04. The van der Waals surface area contributed by atoms with Gasteiger partial charge < -0.3 is 4.90 Å². The van der Waals surface area contributed by atoms with E-state index in [1.54, 1.807) is 6.08 Å². The summed E-state index contributed by atoms with van der Waals surface area (Å²) in [4.78, 5) is 2.26. The van der Waals surface area contributed by atoms with E-state index in [0.29, 0.717) is 0 Å². The molecule has 0 amide bonds. The fourth-order valence-corrected chi connectivity index (χ4v) is 4.33. The van der Waals surface area contributed by atoms with Gasteiger partial charge in [0.05, 0.1) is 6.07 Å². The summed E-state index contributed by atoms with van der Waals surface area (Å²) in [6.07, 6.45) is 10.1. The van der Waals surface area contributed by atoms with Gasteiger partial charge in [0.1, 0.15) is 0 Å². The van der Waals surface area contributed by atoms with Crippen molar-refractivity contribution in [2.24, 2.45) is 5.41 Å². The molecule has 0 bridgehead atoms. The van der Waals surface area contributed by atoms with Crippen LogP contribution in [0.5, 0.6) is 0 Å². The number of nitriles is 1. The molecule has 4 rings (SSSR count). The lowest BCUT2D eigenvalue weighted by Gasteiger charge is -2.30. The first kappa shape index (κ1) is 21.4. The van der Waals surface area contributed by atoms with Crippen LogP contribution in [-0.4, -0.2) is 0 Å². The number of benzene rings is 3. The first-order chi connectivity index (χ1) is 15.5. The van der Waals surface area contributed by atoms with E-state index in [0.717, 1.165) is 41.0 Å². The topological polar surface area (TPSA) is 27.0 Å². The zero-order chi connectivity index (χ0) is 22.4. The van der Waals surface area contributed by atoms with Crippen LogP contribution in [0.2, 0.25) is 0 Å². The van der Waals surface area contributed by atoms with E-state index in [2.05, 4.69) is 116 Å². The third kappa shape index (κ3) is 5.25. The summed E-state index contributed by atoms with van der Waals surface area (Å²) in [5.74, 6) is 0. The van der Waals surface area contributed by atoms with E-state index in [1.165, 1.54) is 5.57 Å². The van der Waals surface area contributed by atoms with E-state index in [9.17, 15) is 0 Å². The van der Waals surface area contributed by atoms with E-state index in [1.807, 2.05) is 12.1 Å². The van der Waals surface area contributed by atoms with Gasteiger partial charge in [-0.15, -0.1) is 0 Å². The minimum atomic E-state index is 0.173. The number of hydrogen-bond acceptors (Lipinski definition) is 2. The Hall–Kier alpha value is -3.83. The highest BCUT2D eigenvalue weighted by atomic mass is 15.1. The van der Waals surface area contributed by atoms with Crippen LogP contribution < -0.4 is 4.90 Å². The Balaban J connectivity index is 1.59. The largest absolute Gasteiger partial charge is 0.311 e. The molecule has 0 atom stereocenters. The van der Waals surface area contributed by atoms with Crippen molar-refractivity contribution < 1.29 is 0 Å². The normalized spacial score (nSPS) is 16.5. The number of nitrogens with zero attached hydrogens (tertiary/aromatic N) is 2. The van der Waals surface area contributed by atoms with Crippen molar-refractivity contribution in [3.63, 3.8) is 0 Å². The maximum absolute atomic E-state index is 9.04. The SMILES string of the molecule is CC1(C)CC(/C=C/c2ccc(N(c3ccccc3)c3ccccc3)cc2)=CC(=C/C#N)/C1. The molecule has 0 radical (unpaired) electrons. The molecule has 0 saturated heterocycles. The average molecular weight is 417 g/mol. The van der Waals surface area contributed by atoms with Crippen LogP contribution >= 0.6 is 0 Å². The molecule has 1 aliphatic carbocycles. The molecule has 0 aliphatic heterocycles. The fourth-order valence-electron chi connectivity index (χ4n) is 4.33. The van der Waals surface area contributed by atoms with Crippen molar-refractivity contribution in [2.75, 3.05) is 4.90 Å². The number of rotatable bonds is 5. The zero-order valence-corrected chi connectivity index (χ0v) is 18.7. The second-order valence-corrected chi connectivity index (χ2v) is 9.02. The summed E-state index contributed by atoms with van der Waals surface area (Å²) in [7, 11) is 0. The fraction of sp³-hybridized carbons (Fsp3) is 0.167. The Morgan fingerprint density at radius 3 is 1.88 bits per heavy atom. The lowest BCUT2D eigenvalue weighted by atomic mass is 9.75. The van der Waals surface area contributed by atoms with E-state index in [-0.39, 0.29) is 5.41 Å². The van der Waals surface area contributed by atoms with Crippen molar-refractivity contribution in [1.29, 1.82) is 5.26 Å². The Bertz CT molecular complexity index is 1140. The number of para-hydroxylation sites is 2. The van der Waals surface area contributed by atoms with Crippen LogP contribution in [0.15, 0.2) is 114 Å². The number of allylic oxidation sites excluding steroid dienone is 5. The quantitative estimate of drug-likeness (QED) is 0.391. The second kappa shape index (κ2) is 9.54. The standard InChI is InChI=1S/C30H28N2/c1-30(2)22-25(21-26(23-30)19-20-31)14-13-24-15-17-29(18-16-24)32(27-9-5-3-6-10-27)28-11-7-4-8-12-28/h3-19,21H,22-23H2,1-2H3/b14-13+,26-19-. The Morgan fingerprint density at radius 1 is 0.750 bits per heavy atom. The highest BCUT2D eigenvalue weighted by molar-refractivity contribution is 5.77. The molecule has 0 aromatic heterocycles. The summed E-state index contributed by atoms with van der Waals surface area (Å²) >= 11 is 0. The Labute approximate surface area is 191 Å². The van der Waals surface area contributed by atoms with Gasteiger partial charge in [-0.25, -0.2) is 0 Å². The molecule has 158 valence electrons. The van der Waals surface area contributed by atoms with Gasteiger partial charge in [0.15, 0.2) is 0 Å². The van der Waals surface area contributed by atoms with E-state index in [4.69, 9.17) is 5.26 Å². The molecule has 32 heavy (non-hydrogen) atoms. The van der Waals surface area contributed by atoms with Crippen molar-refractivity contribution in [2.45, 2.75) is 26.7 Å². The van der Waals surface area contributed by atoms with Gasteiger partial charge in [0.25, 0.3) is 0 Å².